The maximum absolute atomic E-state index is 13.5. The second-order valence-electron chi connectivity index (χ2n) is 3.38. The molecule has 0 aliphatic heterocycles. The van der Waals surface area contributed by atoms with Crippen molar-refractivity contribution >= 4 is 34.0 Å². The Labute approximate surface area is 112 Å². The molecule has 94 valence electrons. The highest BCUT2D eigenvalue weighted by Gasteiger charge is 2.21. The van der Waals surface area contributed by atoms with Gasteiger partial charge in [0.05, 0.1) is 8.49 Å². The van der Waals surface area contributed by atoms with Gasteiger partial charge in [-0.05, 0) is 29.5 Å². The summed E-state index contributed by atoms with van der Waals surface area (Å²) in [6.45, 7) is 3.20. The van der Waals surface area contributed by atoms with Gasteiger partial charge in [-0.2, -0.15) is 0 Å². The first kappa shape index (κ1) is 14.1. The quantitative estimate of drug-likeness (QED) is 0.500. The molecule has 0 heterocycles. The molecule has 0 aliphatic rings. The van der Waals surface area contributed by atoms with E-state index in [9.17, 15) is 14.5 Å². The summed E-state index contributed by atoms with van der Waals surface area (Å²) < 4.78 is 13.7. The Hall–Kier alpha value is -0.960. The number of nitro benzene ring substituents is 1. The minimum absolute atomic E-state index is 0.0916. The van der Waals surface area contributed by atoms with Crippen molar-refractivity contribution < 1.29 is 9.31 Å². The Kier molecular flexibility index (Phi) is 5.06. The third-order valence-electron chi connectivity index (χ3n) is 2.34. The van der Waals surface area contributed by atoms with Crippen molar-refractivity contribution in [3.63, 3.8) is 0 Å². The topological polar surface area (TPSA) is 72.4 Å². The Morgan fingerprint density at radius 2 is 2.24 bits per heavy atom. The monoisotopic (exact) mass is 353 g/mol. The molecule has 0 amide bonds. The first-order valence-electron chi connectivity index (χ1n) is 5.09. The predicted molar refractivity (Wildman–Crippen MR) is 72.7 cm³/mol. The number of anilines is 1. The molecule has 0 radical (unpaired) electrons. The van der Waals surface area contributed by atoms with Crippen LogP contribution in [0.3, 0.4) is 0 Å². The number of benzene rings is 1. The van der Waals surface area contributed by atoms with E-state index in [0.29, 0.717) is 19.6 Å². The summed E-state index contributed by atoms with van der Waals surface area (Å²) in [5, 5.41) is 10.9. The van der Waals surface area contributed by atoms with E-state index in [0.717, 1.165) is 0 Å². The van der Waals surface area contributed by atoms with Gasteiger partial charge in [-0.1, -0.05) is 0 Å². The van der Waals surface area contributed by atoms with Gasteiger partial charge >= 0.3 is 0 Å². The average Bonchev–Trinajstić information content (AvgIpc) is 2.29. The second-order valence-corrected chi connectivity index (χ2v) is 4.54. The van der Waals surface area contributed by atoms with Crippen LogP contribution in [0.15, 0.2) is 12.1 Å². The molecule has 0 atom stereocenters. The van der Waals surface area contributed by atoms with E-state index in [1.54, 1.807) is 27.5 Å². The van der Waals surface area contributed by atoms with E-state index < -0.39 is 10.7 Å². The first-order valence-corrected chi connectivity index (χ1v) is 6.17. The van der Waals surface area contributed by atoms with E-state index in [1.807, 2.05) is 6.92 Å². The van der Waals surface area contributed by atoms with Gasteiger partial charge in [0.2, 0.25) is 0 Å². The molecule has 7 heteroatoms. The molecule has 0 aromatic heterocycles. The van der Waals surface area contributed by atoms with Gasteiger partial charge in [0.15, 0.2) is 0 Å². The zero-order valence-corrected chi connectivity index (χ0v) is 11.5. The molecule has 0 saturated carbocycles. The highest BCUT2D eigenvalue weighted by molar-refractivity contribution is 14.1. The summed E-state index contributed by atoms with van der Waals surface area (Å²) >= 11 is 1.73. The van der Waals surface area contributed by atoms with Crippen LogP contribution in [0.2, 0.25) is 0 Å². The van der Waals surface area contributed by atoms with Crippen LogP contribution in [0.1, 0.15) is 6.92 Å². The largest absolute Gasteiger partial charge is 0.365 e. The van der Waals surface area contributed by atoms with Gasteiger partial charge in [-0.25, -0.2) is 4.39 Å². The lowest BCUT2D eigenvalue weighted by Crippen LogP contribution is -2.29. The van der Waals surface area contributed by atoms with Gasteiger partial charge < -0.3 is 10.6 Å². The van der Waals surface area contributed by atoms with Crippen molar-refractivity contribution in [1.82, 2.24) is 0 Å². The summed E-state index contributed by atoms with van der Waals surface area (Å²) in [6.07, 6.45) is 0. The van der Waals surface area contributed by atoms with Gasteiger partial charge in [0.1, 0.15) is 11.5 Å². The fourth-order valence-corrected chi connectivity index (χ4v) is 1.98. The SMILES string of the molecule is CCN(CCN)c1cc(F)c(I)cc1[N+](=O)[O-]. The number of likely N-dealkylation sites (N-methyl/N-ethyl adjacent to an activating group) is 1. The molecule has 2 N–H and O–H groups in total. The highest BCUT2D eigenvalue weighted by Crippen LogP contribution is 2.31. The Morgan fingerprint density at radius 3 is 2.71 bits per heavy atom. The number of hydrogen-bond acceptors (Lipinski definition) is 4. The van der Waals surface area contributed by atoms with Gasteiger partial charge in [0, 0.05) is 31.8 Å². The number of halogens is 2. The molecule has 0 spiro atoms. The normalized spacial score (nSPS) is 10.4. The van der Waals surface area contributed by atoms with Crippen LogP contribution in [-0.4, -0.2) is 24.6 Å². The van der Waals surface area contributed by atoms with Crippen LogP contribution in [0, 0.1) is 19.5 Å². The maximum atomic E-state index is 13.5. The lowest BCUT2D eigenvalue weighted by molar-refractivity contribution is -0.384. The van der Waals surface area contributed by atoms with E-state index in [-0.39, 0.29) is 14.9 Å². The van der Waals surface area contributed by atoms with Crippen molar-refractivity contribution in [2.75, 3.05) is 24.5 Å². The molecule has 1 rings (SSSR count). The van der Waals surface area contributed by atoms with Crippen molar-refractivity contribution in [2.24, 2.45) is 5.73 Å². The maximum Gasteiger partial charge on any atom is 0.293 e. The van der Waals surface area contributed by atoms with Crippen LogP contribution in [0.4, 0.5) is 15.8 Å². The fourth-order valence-electron chi connectivity index (χ4n) is 1.53. The fraction of sp³-hybridized carbons (Fsp3) is 0.400. The number of nitrogens with zero attached hydrogens (tertiary/aromatic N) is 2. The standard InChI is InChI=1S/C10H13FIN3O2/c1-2-14(4-3-13)9-5-7(11)8(12)6-10(9)15(16)17/h5-6H,2-4,13H2,1H3. The molecule has 0 aliphatic carbocycles. The average molecular weight is 353 g/mol. The van der Waals surface area contributed by atoms with Crippen molar-refractivity contribution in [1.29, 1.82) is 0 Å². The van der Waals surface area contributed by atoms with Crippen LogP contribution in [0.25, 0.3) is 0 Å². The van der Waals surface area contributed by atoms with Crippen molar-refractivity contribution in [3.05, 3.63) is 31.6 Å². The van der Waals surface area contributed by atoms with Crippen LogP contribution < -0.4 is 10.6 Å². The number of nitrogens with two attached hydrogens (primary N) is 1. The molecule has 1 aromatic rings. The van der Waals surface area contributed by atoms with E-state index in [1.165, 1.54) is 12.1 Å². The third-order valence-corrected chi connectivity index (χ3v) is 3.16. The van der Waals surface area contributed by atoms with E-state index in [4.69, 9.17) is 5.73 Å². The number of rotatable bonds is 5. The lowest BCUT2D eigenvalue weighted by atomic mass is 10.2. The molecular weight excluding hydrogens is 340 g/mol. The molecule has 0 saturated heterocycles. The summed E-state index contributed by atoms with van der Waals surface area (Å²) in [6, 6.07) is 2.43. The molecule has 0 bridgehead atoms. The zero-order chi connectivity index (χ0) is 13.0. The summed E-state index contributed by atoms with van der Waals surface area (Å²) in [5.74, 6) is -0.457. The van der Waals surface area contributed by atoms with Gasteiger partial charge in [0.25, 0.3) is 5.69 Å². The molecule has 1 aromatic carbocycles. The van der Waals surface area contributed by atoms with Crippen LogP contribution in [0.5, 0.6) is 0 Å². The summed E-state index contributed by atoms with van der Waals surface area (Å²) in [4.78, 5) is 12.1. The number of nitro groups is 1. The smallest absolute Gasteiger partial charge is 0.293 e. The van der Waals surface area contributed by atoms with E-state index in [2.05, 4.69) is 0 Å². The highest BCUT2D eigenvalue weighted by atomic mass is 127. The van der Waals surface area contributed by atoms with Crippen LogP contribution >= 0.6 is 22.6 Å². The molecule has 0 fully saturated rings. The molecule has 17 heavy (non-hydrogen) atoms. The minimum Gasteiger partial charge on any atom is -0.365 e. The van der Waals surface area contributed by atoms with Gasteiger partial charge in [-0.15, -0.1) is 0 Å². The Bertz CT molecular complexity index is 428. The first-order chi connectivity index (χ1) is 8.01. The van der Waals surface area contributed by atoms with E-state index >= 15 is 0 Å². The summed E-state index contributed by atoms with van der Waals surface area (Å²) in [5.41, 5.74) is 5.62. The second kappa shape index (κ2) is 6.10. The Balaban J connectivity index is 3.28. The molecular formula is C10H13FIN3O2. The molecule has 0 unspecified atom stereocenters. The van der Waals surface area contributed by atoms with Crippen molar-refractivity contribution in [3.8, 4) is 0 Å². The van der Waals surface area contributed by atoms with Crippen molar-refractivity contribution in [2.45, 2.75) is 6.92 Å². The molecule has 5 nitrogen and oxygen atoms in total. The number of hydrogen-bond donors (Lipinski definition) is 1. The summed E-state index contributed by atoms with van der Waals surface area (Å²) in [7, 11) is 0. The third kappa shape index (κ3) is 3.25. The zero-order valence-electron chi connectivity index (χ0n) is 9.32. The predicted octanol–water partition coefficient (Wildman–Crippen LogP) is 2.12. The minimum atomic E-state index is -0.504. The Morgan fingerprint density at radius 1 is 1.59 bits per heavy atom. The lowest BCUT2D eigenvalue weighted by Gasteiger charge is -2.22. The van der Waals surface area contributed by atoms with Crippen LogP contribution in [-0.2, 0) is 0 Å². The van der Waals surface area contributed by atoms with Gasteiger partial charge in [-0.3, -0.25) is 10.1 Å².